The maximum absolute atomic E-state index is 12.8. The van der Waals surface area contributed by atoms with E-state index in [1.54, 1.807) is 6.07 Å². The lowest BCUT2D eigenvalue weighted by atomic mass is 10.1. The van der Waals surface area contributed by atoms with Crippen molar-refractivity contribution in [3.63, 3.8) is 0 Å². The molecule has 10 heteroatoms. The minimum absolute atomic E-state index is 0. The number of hydrogen-bond acceptors (Lipinski definition) is 5. The van der Waals surface area contributed by atoms with Gasteiger partial charge < -0.3 is 29.7 Å². The lowest BCUT2D eigenvalue weighted by Gasteiger charge is -2.18. The SMILES string of the molecule is CCNC(=NCc1cc2c(cc1OC(F)F)OCO2)NCCCCN(CC)CC.I. The van der Waals surface area contributed by atoms with Gasteiger partial charge in [-0.1, -0.05) is 13.8 Å². The van der Waals surface area contributed by atoms with Crippen molar-refractivity contribution in [3.05, 3.63) is 17.7 Å². The van der Waals surface area contributed by atoms with Crippen LogP contribution in [0.2, 0.25) is 0 Å². The molecule has 2 rings (SSSR count). The highest BCUT2D eigenvalue weighted by atomic mass is 127. The zero-order valence-electron chi connectivity index (χ0n) is 17.9. The number of nitrogens with one attached hydrogen (secondary N) is 2. The fraction of sp³-hybridized carbons (Fsp3) is 0.650. The van der Waals surface area contributed by atoms with E-state index in [2.05, 4.69) is 39.1 Å². The lowest BCUT2D eigenvalue weighted by molar-refractivity contribution is -0.0505. The molecule has 172 valence electrons. The van der Waals surface area contributed by atoms with Crippen molar-refractivity contribution in [1.82, 2.24) is 15.5 Å². The van der Waals surface area contributed by atoms with Gasteiger partial charge >= 0.3 is 6.61 Å². The van der Waals surface area contributed by atoms with Crippen LogP contribution in [0.5, 0.6) is 17.2 Å². The first-order chi connectivity index (χ1) is 14.1. The zero-order valence-corrected chi connectivity index (χ0v) is 20.2. The molecule has 1 aromatic rings. The molecule has 0 saturated heterocycles. The van der Waals surface area contributed by atoms with Crippen LogP contribution in [-0.2, 0) is 6.54 Å². The van der Waals surface area contributed by atoms with Gasteiger partial charge in [0.2, 0.25) is 6.79 Å². The van der Waals surface area contributed by atoms with Crippen molar-refractivity contribution < 1.29 is 23.0 Å². The van der Waals surface area contributed by atoms with Crippen LogP contribution >= 0.6 is 24.0 Å². The van der Waals surface area contributed by atoms with E-state index in [0.29, 0.717) is 29.6 Å². The first-order valence-corrected chi connectivity index (χ1v) is 10.2. The van der Waals surface area contributed by atoms with Gasteiger partial charge in [-0.3, -0.25) is 0 Å². The van der Waals surface area contributed by atoms with Crippen LogP contribution in [0.3, 0.4) is 0 Å². The Morgan fingerprint density at radius 2 is 1.83 bits per heavy atom. The van der Waals surface area contributed by atoms with E-state index in [1.165, 1.54) is 6.07 Å². The van der Waals surface area contributed by atoms with Crippen molar-refractivity contribution in [2.75, 3.05) is 39.5 Å². The lowest BCUT2D eigenvalue weighted by Crippen LogP contribution is -2.38. The van der Waals surface area contributed by atoms with Gasteiger partial charge in [0.25, 0.3) is 0 Å². The molecule has 0 bridgehead atoms. The Kier molecular flexibility index (Phi) is 12.7. The summed E-state index contributed by atoms with van der Waals surface area (Å²) in [5.41, 5.74) is 0.508. The number of ether oxygens (including phenoxy) is 3. The average Bonchev–Trinajstić information content (AvgIpc) is 3.15. The third-order valence-electron chi connectivity index (χ3n) is 4.61. The van der Waals surface area contributed by atoms with Crippen molar-refractivity contribution in [3.8, 4) is 17.2 Å². The summed E-state index contributed by atoms with van der Waals surface area (Å²) in [7, 11) is 0. The first kappa shape index (κ1) is 26.5. The smallest absolute Gasteiger partial charge is 0.387 e. The first-order valence-electron chi connectivity index (χ1n) is 10.2. The number of halogens is 3. The van der Waals surface area contributed by atoms with Gasteiger partial charge in [0.05, 0.1) is 6.54 Å². The maximum Gasteiger partial charge on any atom is 0.387 e. The summed E-state index contributed by atoms with van der Waals surface area (Å²) in [5.74, 6) is 1.58. The molecule has 0 saturated carbocycles. The molecule has 1 aromatic carbocycles. The number of alkyl halides is 2. The standard InChI is InChI=1S/C20H32F2N4O3.HI/c1-4-23-20(24-9-7-8-10-26(5-2)6-3)25-13-15-11-17-18(28-14-27-17)12-16(15)29-19(21)22;/h11-12,19H,4-10,13-14H2,1-3H3,(H2,23,24,25);1H. The van der Waals surface area contributed by atoms with Gasteiger partial charge in [0.1, 0.15) is 5.75 Å². The minimum Gasteiger partial charge on any atom is -0.454 e. The molecule has 1 heterocycles. The Hall–Kier alpha value is -1.56. The summed E-state index contributed by atoms with van der Waals surface area (Å²) < 4.78 is 40.7. The van der Waals surface area contributed by atoms with Crippen LogP contribution in [0.1, 0.15) is 39.2 Å². The van der Waals surface area contributed by atoms with Crippen LogP contribution < -0.4 is 24.8 Å². The molecule has 0 radical (unpaired) electrons. The summed E-state index contributed by atoms with van der Waals surface area (Å²) in [5, 5.41) is 6.46. The molecular formula is C20H33F2IN4O3. The van der Waals surface area contributed by atoms with E-state index in [9.17, 15) is 8.78 Å². The number of guanidine groups is 1. The molecule has 0 amide bonds. The van der Waals surface area contributed by atoms with Crippen molar-refractivity contribution >= 4 is 29.9 Å². The van der Waals surface area contributed by atoms with Gasteiger partial charge in [0, 0.05) is 24.7 Å². The number of nitrogens with zero attached hydrogens (tertiary/aromatic N) is 2. The second-order valence-corrected chi connectivity index (χ2v) is 6.55. The number of fused-ring (bicyclic) bond motifs is 1. The van der Waals surface area contributed by atoms with Crippen LogP contribution in [0.4, 0.5) is 8.78 Å². The molecule has 1 aliphatic heterocycles. The predicted octanol–water partition coefficient (Wildman–Crippen LogP) is 3.81. The van der Waals surface area contributed by atoms with E-state index < -0.39 is 6.61 Å². The van der Waals surface area contributed by atoms with Gasteiger partial charge in [-0.15, -0.1) is 24.0 Å². The van der Waals surface area contributed by atoms with E-state index in [4.69, 9.17) is 9.47 Å². The third kappa shape index (κ3) is 8.66. The Morgan fingerprint density at radius 1 is 1.13 bits per heavy atom. The Balaban J connectivity index is 0.00000450. The monoisotopic (exact) mass is 542 g/mol. The highest BCUT2D eigenvalue weighted by molar-refractivity contribution is 14.0. The van der Waals surface area contributed by atoms with Crippen LogP contribution in [0.15, 0.2) is 17.1 Å². The number of rotatable bonds is 12. The molecular weight excluding hydrogens is 509 g/mol. The molecule has 0 aliphatic carbocycles. The van der Waals surface area contributed by atoms with Crippen molar-refractivity contribution in [1.29, 1.82) is 0 Å². The highest BCUT2D eigenvalue weighted by Crippen LogP contribution is 2.39. The molecule has 0 spiro atoms. The van der Waals surface area contributed by atoms with Crippen molar-refractivity contribution in [2.45, 2.75) is 46.8 Å². The van der Waals surface area contributed by atoms with Gasteiger partial charge in [-0.05, 0) is 45.5 Å². The zero-order chi connectivity index (χ0) is 21.1. The number of hydrogen-bond donors (Lipinski definition) is 2. The molecule has 30 heavy (non-hydrogen) atoms. The van der Waals surface area contributed by atoms with Gasteiger partial charge in [0.15, 0.2) is 17.5 Å². The second kappa shape index (κ2) is 14.4. The Morgan fingerprint density at radius 3 is 2.47 bits per heavy atom. The summed E-state index contributed by atoms with van der Waals surface area (Å²) >= 11 is 0. The fourth-order valence-corrected chi connectivity index (χ4v) is 3.01. The van der Waals surface area contributed by atoms with Crippen LogP contribution in [-0.4, -0.2) is 57.0 Å². The van der Waals surface area contributed by atoms with E-state index in [-0.39, 0.29) is 43.1 Å². The predicted molar refractivity (Wildman–Crippen MR) is 124 cm³/mol. The summed E-state index contributed by atoms with van der Waals surface area (Å²) in [4.78, 5) is 6.90. The molecule has 0 atom stereocenters. The van der Waals surface area contributed by atoms with Crippen LogP contribution in [0, 0.1) is 0 Å². The van der Waals surface area contributed by atoms with E-state index in [1.807, 2.05) is 6.92 Å². The molecule has 7 nitrogen and oxygen atoms in total. The van der Waals surface area contributed by atoms with Gasteiger partial charge in [-0.25, -0.2) is 4.99 Å². The molecule has 2 N–H and O–H groups in total. The van der Waals surface area contributed by atoms with Gasteiger partial charge in [-0.2, -0.15) is 8.78 Å². The number of benzene rings is 1. The average molecular weight is 542 g/mol. The normalized spacial score (nSPS) is 12.8. The quantitative estimate of drug-likeness (QED) is 0.181. The largest absolute Gasteiger partial charge is 0.454 e. The van der Waals surface area contributed by atoms with E-state index >= 15 is 0 Å². The fourth-order valence-electron chi connectivity index (χ4n) is 3.01. The molecule has 0 aromatic heterocycles. The molecule has 0 unspecified atom stereocenters. The number of aliphatic imine (C=N–C) groups is 1. The summed E-state index contributed by atoms with van der Waals surface area (Å²) in [6, 6.07) is 3.06. The summed E-state index contributed by atoms with van der Waals surface area (Å²) in [6.45, 7) is 8.31. The van der Waals surface area contributed by atoms with Crippen molar-refractivity contribution in [2.24, 2.45) is 4.99 Å². The Labute approximate surface area is 194 Å². The molecule has 0 fully saturated rings. The van der Waals surface area contributed by atoms with Crippen LogP contribution in [0.25, 0.3) is 0 Å². The second-order valence-electron chi connectivity index (χ2n) is 6.55. The maximum atomic E-state index is 12.8. The minimum atomic E-state index is -2.92. The number of unbranched alkanes of at least 4 members (excludes halogenated alkanes) is 1. The highest BCUT2D eigenvalue weighted by Gasteiger charge is 2.20. The Bertz CT molecular complexity index is 661. The topological polar surface area (TPSA) is 67.4 Å². The molecule has 1 aliphatic rings. The van der Waals surface area contributed by atoms with E-state index in [0.717, 1.165) is 39.0 Å². The third-order valence-corrected chi connectivity index (χ3v) is 4.61. The summed E-state index contributed by atoms with van der Waals surface area (Å²) in [6.07, 6.45) is 2.12.